The molecule has 2 heterocycles. The maximum Gasteiger partial charge on any atom is 0.269 e. The molecule has 8 heteroatoms. The van der Waals surface area contributed by atoms with Crippen molar-refractivity contribution in [2.45, 2.75) is 6.42 Å². The maximum atomic E-state index is 12.9. The standard InChI is InChI=1S/C19H17N5O3/c1-22-10-11-23(17(25)12-13-6-8-14(9-7-13)24(26)27)19-18(22)20-15-4-2-3-5-16(15)21-19/h2-9H,10-12H2,1H3. The van der Waals surface area contributed by atoms with Crippen LogP contribution in [-0.2, 0) is 11.2 Å². The van der Waals surface area contributed by atoms with E-state index in [0.29, 0.717) is 24.7 Å². The number of benzene rings is 2. The van der Waals surface area contributed by atoms with E-state index in [1.54, 1.807) is 17.0 Å². The van der Waals surface area contributed by atoms with E-state index in [-0.39, 0.29) is 18.0 Å². The van der Waals surface area contributed by atoms with Crippen molar-refractivity contribution < 1.29 is 9.72 Å². The van der Waals surface area contributed by atoms with Crippen molar-refractivity contribution >= 4 is 34.3 Å². The monoisotopic (exact) mass is 363 g/mol. The predicted molar refractivity (Wildman–Crippen MR) is 102 cm³/mol. The van der Waals surface area contributed by atoms with E-state index in [9.17, 15) is 14.9 Å². The summed E-state index contributed by atoms with van der Waals surface area (Å²) in [5, 5.41) is 10.8. The summed E-state index contributed by atoms with van der Waals surface area (Å²) in [4.78, 5) is 36.2. The molecule has 4 rings (SSSR count). The average Bonchev–Trinajstić information content (AvgIpc) is 2.67. The first-order chi connectivity index (χ1) is 13.0. The van der Waals surface area contributed by atoms with Crippen molar-refractivity contribution in [1.29, 1.82) is 0 Å². The number of anilines is 2. The number of carbonyl (C=O) groups excluding carboxylic acids is 1. The number of likely N-dealkylation sites (N-methyl/N-ethyl adjacent to an activating group) is 1. The number of fused-ring (bicyclic) bond motifs is 2. The van der Waals surface area contributed by atoms with Gasteiger partial charge in [-0.05, 0) is 17.7 Å². The minimum atomic E-state index is -0.455. The van der Waals surface area contributed by atoms with Gasteiger partial charge in [-0.2, -0.15) is 0 Å². The van der Waals surface area contributed by atoms with Gasteiger partial charge in [0.25, 0.3) is 5.69 Å². The zero-order valence-electron chi connectivity index (χ0n) is 14.7. The first-order valence-electron chi connectivity index (χ1n) is 8.54. The number of hydrogen-bond acceptors (Lipinski definition) is 6. The first-order valence-corrected chi connectivity index (χ1v) is 8.54. The van der Waals surface area contributed by atoms with Crippen LogP contribution >= 0.6 is 0 Å². The minimum absolute atomic E-state index is 0.00785. The molecule has 27 heavy (non-hydrogen) atoms. The summed E-state index contributed by atoms with van der Waals surface area (Å²) in [5.74, 6) is 1.12. The summed E-state index contributed by atoms with van der Waals surface area (Å²) in [7, 11) is 1.93. The Bertz CT molecular complexity index is 1040. The van der Waals surface area contributed by atoms with Crippen LogP contribution in [0.4, 0.5) is 17.3 Å². The Labute approximate surface area is 155 Å². The molecule has 0 saturated carbocycles. The van der Waals surface area contributed by atoms with E-state index >= 15 is 0 Å². The molecule has 0 atom stereocenters. The van der Waals surface area contributed by atoms with Crippen LogP contribution in [0.3, 0.4) is 0 Å². The lowest BCUT2D eigenvalue weighted by molar-refractivity contribution is -0.384. The van der Waals surface area contributed by atoms with Crippen LogP contribution in [0.15, 0.2) is 48.5 Å². The third kappa shape index (κ3) is 3.17. The number of nitro groups is 1. The molecule has 0 unspecified atom stereocenters. The van der Waals surface area contributed by atoms with Gasteiger partial charge in [0.2, 0.25) is 5.91 Å². The number of aromatic nitrogens is 2. The molecule has 2 aromatic carbocycles. The highest BCUT2D eigenvalue weighted by atomic mass is 16.6. The van der Waals surface area contributed by atoms with Crippen molar-refractivity contribution in [1.82, 2.24) is 9.97 Å². The van der Waals surface area contributed by atoms with Crippen molar-refractivity contribution in [3.63, 3.8) is 0 Å². The number of carbonyl (C=O) groups is 1. The highest BCUT2D eigenvalue weighted by Gasteiger charge is 2.28. The fraction of sp³-hybridized carbons (Fsp3) is 0.211. The molecule has 1 aromatic heterocycles. The fourth-order valence-corrected chi connectivity index (χ4v) is 3.13. The Morgan fingerprint density at radius 1 is 1.04 bits per heavy atom. The summed E-state index contributed by atoms with van der Waals surface area (Å²) in [6.45, 7) is 1.17. The lowest BCUT2D eigenvalue weighted by atomic mass is 10.1. The quantitative estimate of drug-likeness (QED) is 0.524. The molecule has 136 valence electrons. The van der Waals surface area contributed by atoms with Crippen LogP contribution in [0.5, 0.6) is 0 Å². The van der Waals surface area contributed by atoms with E-state index in [2.05, 4.69) is 9.97 Å². The smallest absolute Gasteiger partial charge is 0.269 e. The molecule has 0 bridgehead atoms. The van der Waals surface area contributed by atoms with Crippen molar-refractivity contribution in [3.8, 4) is 0 Å². The Balaban J connectivity index is 1.64. The second kappa shape index (κ2) is 6.64. The topological polar surface area (TPSA) is 92.5 Å². The van der Waals surface area contributed by atoms with Gasteiger partial charge in [-0.1, -0.05) is 24.3 Å². The van der Waals surface area contributed by atoms with Gasteiger partial charge >= 0.3 is 0 Å². The van der Waals surface area contributed by atoms with E-state index < -0.39 is 4.92 Å². The lowest BCUT2D eigenvalue weighted by Gasteiger charge is -2.33. The van der Waals surface area contributed by atoms with Crippen molar-refractivity contribution in [2.24, 2.45) is 0 Å². The van der Waals surface area contributed by atoms with Crippen molar-refractivity contribution in [2.75, 3.05) is 29.9 Å². The molecule has 1 aliphatic rings. The van der Waals surface area contributed by atoms with Gasteiger partial charge in [0.15, 0.2) is 11.6 Å². The molecule has 1 aliphatic heterocycles. The van der Waals surface area contributed by atoms with E-state index in [1.165, 1.54) is 12.1 Å². The third-order valence-corrected chi connectivity index (χ3v) is 4.61. The maximum absolute atomic E-state index is 12.9. The lowest BCUT2D eigenvalue weighted by Crippen LogP contribution is -2.44. The second-order valence-corrected chi connectivity index (χ2v) is 6.43. The number of para-hydroxylation sites is 2. The summed E-state index contributed by atoms with van der Waals surface area (Å²) in [6.07, 6.45) is 0.148. The molecule has 0 spiro atoms. The normalized spacial score (nSPS) is 13.5. The van der Waals surface area contributed by atoms with E-state index in [0.717, 1.165) is 16.6 Å². The van der Waals surface area contributed by atoms with Gasteiger partial charge < -0.3 is 4.90 Å². The van der Waals surface area contributed by atoms with Crippen LogP contribution in [0, 0.1) is 10.1 Å². The zero-order chi connectivity index (χ0) is 19.0. The summed E-state index contributed by atoms with van der Waals surface area (Å²) in [6, 6.07) is 13.6. The van der Waals surface area contributed by atoms with Gasteiger partial charge in [0.1, 0.15) is 0 Å². The SMILES string of the molecule is CN1CCN(C(=O)Cc2ccc([N+](=O)[O-])cc2)c2nc3ccccc3nc21. The van der Waals surface area contributed by atoms with Gasteiger partial charge in [0.05, 0.1) is 22.4 Å². The Hall–Kier alpha value is -3.55. The molecular weight excluding hydrogens is 346 g/mol. The molecule has 1 amide bonds. The number of non-ortho nitro benzene ring substituents is 1. The fourth-order valence-electron chi connectivity index (χ4n) is 3.13. The van der Waals surface area contributed by atoms with Gasteiger partial charge in [-0.25, -0.2) is 9.97 Å². The molecule has 0 N–H and O–H groups in total. The predicted octanol–water partition coefficient (Wildman–Crippen LogP) is 2.56. The first kappa shape index (κ1) is 16.9. The van der Waals surface area contributed by atoms with Crippen molar-refractivity contribution in [3.05, 3.63) is 64.2 Å². The Kier molecular flexibility index (Phi) is 4.15. The molecule has 8 nitrogen and oxygen atoms in total. The summed E-state index contributed by atoms with van der Waals surface area (Å²) < 4.78 is 0. The van der Waals surface area contributed by atoms with Crippen LogP contribution in [0.1, 0.15) is 5.56 Å². The van der Waals surface area contributed by atoms with Crippen LogP contribution in [0.2, 0.25) is 0 Å². The molecule has 0 aliphatic carbocycles. The number of nitrogens with zero attached hydrogens (tertiary/aromatic N) is 5. The average molecular weight is 363 g/mol. The molecule has 3 aromatic rings. The zero-order valence-corrected chi connectivity index (χ0v) is 14.7. The van der Waals surface area contributed by atoms with Gasteiger partial charge in [-0.15, -0.1) is 0 Å². The number of hydrogen-bond donors (Lipinski definition) is 0. The van der Waals surface area contributed by atoms with Crippen LogP contribution < -0.4 is 9.80 Å². The van der Waals surface area contributed by atoms with Gasteiger partial charge in [0, 0.05) is 32.3 Å². The Morgan fingerprint density at radius 2 is 1.67 bits per heavy atom. The number of amides is 1. The number of nitro benzene ring substituents is 1. The second-order valence-electron chi connectivity index (χ2n) is 6.43. The largest absolute Gasteiger partial charge is 0.355 e. The number of rotatable bonds is 3. The van der Waals surface area contributed by atoms with Crippen LogP contribution in [0.25, 0.3) is 11.0 Å². The van der Waals surface area contributed by atoms with Crippen LogP contribution in [-0.4, -0.2) is 40.9 Å². The minimum Gasteiger partial charge on any atom is -0.355 e. The molecule has 0 fully saturated rings. The molecular formula is C19H17N5O3. The van der Waals surface area contributed by atoms with E-state index in [1.807, 2.05) is 36.2 Å². The van der Waals surface area contributed by atoms with Gasteiger partial charge in [-0.3, -0.25) is 19.8 Å². The molecule has 0 radical (unpaired) electrons. The highest BCUT2D eigenvalue weighted by molar-refractivity contribution is 5.98. The summed E-state index contributed by atoms with van der Waals surface area (Å²) >= 11 is 0. The Morgan fingerprint density at radius 3 is 2.30 bits per heavy atom. The summed E-state index contributed by atoms with van der Waals surface area (Å²) in [5.41, 5.74) is 2.25. The van der Waals surface area contributed by atoms with E-state index in [4.69, 9.17) is 0 Å². The molecule has 0 saturated heterocycles. The highest BCUT2D eigenvalue weighted by Crippen LogP contribution is 2.31. The third-order valence-electron chi connectivity index (χ3n) is 4.61.